The molecule has 2 aliphatic rings. The number of imidazole rings is 1. The van der Waals surface area contributed by atoms with Gasteiger partial charge in [-0.25, -0.2) is 15.0 Å². The number of nitrogens with zero attached hydrogens (tertiary/aromatic N) is 6. The van der Waals surface area contributed by atoms with Gasteiger partial charge in [0.25, 0.3) is 5.56 Å². The molecule has 31 heavy (non-hydrogen) atoms. The first-order chi connectivity index (χ1) is 15.1. The molecule has 0 aromatic carbocycles. The molecule has 2 bridgehead atoms. The number of H-pyrrole nitrogens is 1. The smallest absolute Gasteiger partial charge is 0.255 e. The summed E-state index contributed by atoms with van der Waals surface area (Å²) in [5.74, 6) is 2.99. The van der Waals surface area contributed by atoms with Gasteiger partial charge in [0.1, 0.15) is 5.82 Å². The number of piperidine rings is 1. The average molecular weight is 422 g/mol. The average Bonchev–Trinajstić information content (AvgIpc) is 3.29. The van der Waals surface area contributed by atoms with Crippen molar-refractivity contribution in [2.45, 2.75) is 32.0 Å². The highest BCUT2D eigenvalue weighted by molar-refractivity contribution is 5.35. The van der Waals surface area contributed by atoms with Gasteiger partial charge in [-0.15, -0.1) is 0 Å². The van der Waals surface area contributed by atoms with E-state index < -0.39 is 0 Å². The van der Waals surface area contributed by atoms with Gasteiger partial charge in [0.2, 0.25) is 5.95 Å². The summed E-state index contributed by atoms with van der Waals surface area (Å²) in [6, 6.07) is 4.13. The number of hydrogen-bond donors (Lipinski definition) is 1. The minimum atomic E-state index is 0.132. The molecule has 2 atom stereocenters. The van der Waals surface area contributed by atoms with Crippen molar-refractivity contribution < 1.29 is 4.74 Å². The minimum absolute atomic E-state index is 0.132. The van der Waals surface area contributed by atoms with Gasteiger partial charge in [0.15, 0.2) is 5.75 Å². The van der Waals surface area contributed by atoms with Crippen molar-refractivity contribution in [2.24, 2.45) is 5.92 Å². The second-order valence-electron chi connectivity index (χ2n) is 8.53. The Bertz CT molecular complexity index is 1090. The van der Waals surface area contributed by atoms with Crippen LogP contribution in [0.3, 0.4) is 0 Å². The molecule has 3 aromatic rings. The number of pyridine rings is 1. The van der Waals surface area contributed by atoms with Gasteiger partial charge >= 0.3 is 0 Å². The number of nitrogens with one attached hydrogen (secondary N) is 1. The normalized spacial score (nSPS) is 20.0. The first-order valence-electron chi connectivity index (χ1n) is 10.6. The van der Waals surface area contributed by atoms with E-state index in [9.17, 15) is 4.79 Å². The number of fused-ring (bicyclic) bond motifs is 4. The summed E-state index contributed by atoms with van der Waals surface area (Å²) in [4.78, 5) is 33.9. The van der Waals surface area contributed by atoms with Gasteiger partial charge in [-0.05, 0) is 25.5 Å². The maximum atomic E-state index is 13.3. The number of anilines is 1. The van der Waals surface area contributed by atoms with Gasteiger partial charge in [0, 0.05) is 55.7 Å². The second kappa shape index (κ2) is 8.14. The fourth-order valence-electron chi connectivity index (χ4n) is 4.84. The molecule has 162 valence electrons. The van der Waals surface area contributed by atoms with Gasteiger partial charge in [-0.2, -0.15) is 0 Å². The van der Waals surface area contributed by atoms with Crippen molar-refractivity contribution in [3.8, 4) is 5.75 Å². The van der Waals surface area contributed by atoms with Gasteiger partial charge in [0.05, 0.1) is 26.0 Å². The molecule has 0 aliphatic carbocycles. The van der Waals surface area contributed by atoms with Crippen LogP contribution in [-0.4, -0.2) is 56.6 Å². The molecule has 0 spiro atoms. The Morgan fingerprint density at radius 2 is 2.00 bits per heavy atom. The minimum Gasteiger partial charge on any atom is -0.494 e. The van der Waals surface area contributed by atoms with Crippen LogP contribution in [0.5, 0.6) is 5.75 Å². The Labute approximate surface area is 180 Å². The molecule has 9 heteroatoms. The second-order valence-corrected chi connectivity index (χ2v) is 8.53. The van der Waals surface area contributed by atoms with E-state index in [4.69, 9.17) is 4.74 Å². The fourth-order valence-corrected chi connectivity index (χ4v) is 4.84. The largest absolute Gasteiger partial charge is 0.494 e. The number of hydrogen-bond acceptors (Lipinski definition) is 7. The maximum absolute atomic E-state index is 13.3. The van der Waals surface area contributed by atoms with E-state index in [1.165, 1.54) is 0 Å². The van der Waals surface area contributed by atoms with Crippen LogP contribution in [0.1, 0.15) is 29.4 Å². The molecular formula is C22H27N7O2. The molecular weight excluding hydrogens is 394 g/mol. The standard InChI is InChI=1S/C22H27N7O2/c1-27(14-20-23-5-6-24-20)12-16-3-4-19-17-7-15(11-29(19)21(16)30)10-28(13-17)22-25-8-18(31-2)9-26-22/h3-6,8-9,15,17H,7,10-14H2,1-2H3,(H,23,24)/t15-,17+/m0/s1. The predicted octanol–water partition coefficient (Wildman–Crippen LogP) is 1.63. The monoisotopic (exact) mass is 421 g/mol. The number of aromatic nitrogens is 5. The molecule has 0 radical (unpaired) electrons. The highest BCUT2D eigenvalue weighted by Crippen LogP contribution is 2.36. The maximum Gasteiger partial charge on any atom is 0.255 e. The van der Waals surface area contributed by atoms with Gasteiger partial charge in [-0.1, -0.05) is 6.07 Å². The van der Waals surface area contributed by atoms with Gasteiger partial charge in [-0.3, -0.25) is 9.69 Å². The van der Waals surface area contributed by atoms with Crippen LogP contribution in [0.2, 0.25) is 0 Å². The Balaban J connectivity index is 1.34. The quantitative estimate of drug-likeness (QED) is 0.647. The third-order valence-electron chi connectivity index (χ3n) is 6.23. The molecule has 1 N–H and O–H groups in total. The van der Waals surface area contributed by atoms with Crippen LogP contribution < -0.4 is 15.2 Å². The van der Waals surface area contributed by atoms with Crippen LogP contribution in [0.15, 0.2) is 41.7 Å². The summed E-state index contributed by atoms with van der Waals surface area (Å²) in [6.45, 7) is 3.70. The fraction of sp³-hybridized carbons (Fsp3) is 0.455. The first-order valence-corrected chi connectivity index (χ1v) is 10.6. The zero-order valence-corrected chi connectivity index (χ0v) is 17.9. The molecule has 2 aliphatic heterocycles. The Hall–Kier alpha value is -3.20. The van der Waals surface area contributed by atoms with Crippen LogP contribution in [-0.2, 0) is 19.6 Å². The summed E-state index contributed by atoms with van der Waals surface area (Å²) in [7, 11) is 3.62. The molecule has 3 aromatic heterocycles. The van der Waals surface area contributed by atoms with Crippen LogP contribution in [0, 0.1) is 5.92 Å². The van der Waals surface area contributed by atoms with Crippen molar-refractivity contribution in [3.05, 3.63) is 64.4 Å². The zero-order chi connectivity index (χ0) is 21.4. The van der Waals surface area contributed by atoms with Crippen LogP contribution in [0.4, 0.5) is 5.95 Å². The highest BCUT2D eigenvalue weighted by Gasteiger charge is 2.35. The number of methoxy groups -OCH3 is 1. The molecule has 0 saturated carbocycles. The van der Waals surface area contributed by atoms with Crippen LogP contribution in [0.25, 0.3) is 0 Å². The van der Waals surface area contributed by atoms with Crippen molar-refractivity contribution in [2.75, 3.05) is 32.1 Å². The molecule has 5 rings (SSSR count). The van der Waals surface area contributed by atoms with E-state index in [1.807, 2.05) is 23.9 Å². The summed E-state index contributed by atoms with van der Waals surface area (Å²) in [5, 5.41) is 0. The third kappa shape index (κ3) is 3.93. The van der Waals surface area contributed by atoms with Gasteiger partial charge < -0.3 is 19.2 Å². The van der Waals surface area contributed by atoms with E-state index in [0.29, 0.717) is 30.7 Å². The Kier molecular flexibility index (Phi) is 5.19. The highest BCUT2D eigenvalue weighted by atomic mass is 16.5. The summed E-state index contributed by atoms with van der Waals surface area (Å²) < 4.78 is 7.17. The lowest BCUT2D eigenvalue weighted by molar-refractivity contribution is 0.274. The number of aromatic amines is 1. The van der Waals surface area contributed by atoms with E-state index >= 15 is 0 Å². The lowest BCUT2D eigenvalue weighted by Crippen LogP contribution is -2.48. The summed E-state index contributed by atoms with van der Waals surface area (Å²) in [5.41, 5.74) is 2.08. The van der Waals surface area contributed by atoms with Crippen molar-refractivity contribution in [1.29, 1.82) is 0 Å². The first kappa shape index (κ1) is 19.7. The summed E-state index contributed by atoms with van der Waals surface area (Å²) >= 11 is 0. The molecule has 0 unspecified atom stereocenters. The predicted molar refractivity (Wildman–Crippen MR) is 116 cm³/mol. The summed E-state index contributed by atoms with van der Waals surface area (Å²) in [6.07, 6.45) is 8.07. The molecule has 9 nitrogen and oxygen atoms in total. The van der Waals surface area contributed by atoms with Crippen LogP contribution >= 0.6 is 0 Å². The molecule has 1 fully saturated rings. The molecule has 1 saturated heterocycles. The van der Waals surface area contributed by atoms with Crippen molar-refractivity contribution in [3.63, 3.8) is 0 Å². The zero-order valence-electron chi connectivity index (χ0n) is 17.9. The molecule has 5 heterocycles. The third-order valence-corrected chi connectivity index (χ3v) is 6.23. The van der Waals surface area contributed by atoms with E-state index in [2.05, 4.69) is 35.8 Å². The van der Waals surface area contributed by atoms with E-state index in [-0.39, 0.29) is 5.56 Å². The molecule has 0 amide bonds. The topological polar surface area (TPSA) is 92.2 Å². The SMILES string of the molecule is COc1cnc(N2C[C@@H]3C[C@H](C2)c2ccc(CN(C)Cc4ncc[nH]4)c(=O)n2C3)nc1. The lowest BCUT2D eigenvalue weighted by Gasteiger charge is -2.43. The van der Waals surface area contributed by atoms with E-state index in [1.54, 1.807) is 25.7 Å². The number of ether oxygens (including phenoxy) is 1. The van der Waals surface area contributed by atoms with Crippen molar-refractivity contribution >= 4 is 5.95 Å². The Morgan fingerprint density at radius 1 is 1.16 bits per heavy atom. The van der Waals surface area contributed by atoms with Crippen molar-refractivity contribution in [1.82, 2.24) is 29.4 Å². The number of rotatable bonds is 6. The lowest BCUT2D eigenvalue weighted by atomic mass is 9.83. The Morgan fingerprint density at radius 3 is 2.74 bits per heavy atom. The van der Waals surface area contributed by atoms with E-state index in [0.717, 1.165) is 49.1 Å².